The van der Waals surface area contributed by atoms with Gasteiger partial charge in [0, 0.05) is 16.6 Å². The van der Waals surface area contributed by atoms with Crippen molar-refractivity contribution in [2.45, 2.75) is 43.4 Å². The van der Waals surface area contributed by atoms with Crippen molar-refractivity contribution in [1.82, 2.24) is 0 Å². The summed E-state index contributed by atoms with van der Waals surface area (Å²) in [5.74, 6) is 0. The van der Waals surface area contributed by atoms with E-state index < -0.39 is 24.4 Å². The summed E-state index contributed by atoms with van der Waals surface area (Å²) < 4.78 is 6.64. The van der Waals surface area contributed by atoms with Crippen LogP contribution >= 0.6 is 15.9 Å². The number of hydrogen-bond acceptors (Lipinski definition) is 5. The predicted molar refractivity (Wildman–Crippen MR) is 75.3 cm³/mol. The standard InChI is InChI=1S/C13H19BrN2O3/c14-8-3-1-7(2-4-8)6-19-13-10(16)5-9(15)11(17)12(13)18/h1-4,9-13,17-18H,5-6,15-16H2/t9-,10+,11+,12-,13-/m1/s1. The number of benzene rings is 1. The Hall–Kier alpha value is -0.500. The van der Waals surface area contributed by atoms with Crippen LogP contribution in [0, 0.1) is 0 Å². The summed E-state index contributed by atoms with van der Waals surface area (Å²) in [7, 11) is 0. The summed E-state index contributed by atoms with van der Waals surface area (Å²) in [6, 6.07) is 6.81. The molecule has 2 rings (SSSR count). The molecule has 19 heavy (non-hydrogen) atoms. The Morgan fingerprint density at radius 2 is 1.74 bits per heavy atom. The Kier molecular flexibility index (Phi) is 4.94. The van der Waals surface area contributed by atoms with Gasteiger partial charge in [0.25, 0.3) is 0 Å². The van der Waals surface area contributed by atoms with Crippen molar-refractivity contribution in [1.29, 1.82) is 0 Å². The summed E-state index contributed by atoms with van der Waals surface area (Å²) >= 11 is 3.36. The van der Waals surface area contributed by atoms with Crippen molar-refractivity contribution in [3.8, 4) is 0 Å². The zero-order chi connectivity index (χ0) is 14.0. The lowest BCUT2D eigenvalue weighted by atomic mass is 9.85. The highest BCUT2D eigenvalue weighted by Crippen LogP contribution is 2.22. The van der Waals surface area contributed by atoms with Gasteiger partial charge >= 0.3 is 0 Å². The van der Waals surface area contributed by atoms with Gasteiger partial charge in [-0.25, -0.2) is 0 Å². The van der Waals surface area contributed by atoms with E-state index in [0.717, 1.165) is 10.0 Å². The van der Waals surface area contributed by atoms with Crippen LogP contribution in [0.5, 0.6) is 0 Å². The topological polar surface area (TPSA) is 102 Å². The van der Waals surface area contributed by atoms with Gasteiger partial charge in [-0.1, -0.05) is 28.1 Å². The first-order valence-corrected chi connectivity index (χ1v) is 7.01. The van der Waals surface area contributed by atoms with Gasteiger partial charge in [0.1, 0.15) is 12.2 Å². The maximum atomic E-state index is 9.96. The Morgan fingerprint density at radius 3 is 2.37 bits per heavy atom. The minimum atomic E-state index is -1.05. The maximum absolute atomic E-state index is 9.96. The Labute approximate surface area is 120 Å². The minimum Gasteiger partial charge on any atom is -0.389 e. The molecule has 1 saturated carbocycles. The number of ether oxygens (including phenoxy) is 1. The van der Waals surface area contributed by atoms with E-state index in [-0.39, 0.29) is 6.04 Å². The number of rotatable bonds is 3. The van der Waals surface area contributed by atoms with Crippen LogP contribution < -0.4 is 11.5 Å². The van der Waals surface area contributed by atoms with Gasteiger partial charge in [0.15, 0.2) is 0 Å². The number of aliphatic hydroxyl groups is 2. The van der Waals surface area contributed by atoms with Gasteiger partial charge < -0.3 is 26.4 Å². The van der Waals surface area contributed by atoms with E-state index in [0.29, 0.717) is 13.0 Å². The molecule has 1 aliphatic carbocycles. The molecule has 1 aliphatic rings. The first-order valence-electron chi connectivity index (χ1n) is 6.22. The third kappa shape index (κ3) is 3.53. The zero-order valence-corrected chi connectivity index (χ0v) is 12.0. The SMILES string of the molecule is N[C@@H]1C[C@H](N)[C@@H](OCc2ccc(Br)cc2)[C@H](O)[C@H]1O. The van der Waals surface area contributed by atoms with E-state index in [2.05, 4.69) is 15.9 Å². The van der Waals surface area contributed by atoms with Crippen molar-refractivity contribution in [2.75, 3.05) is 0 Å². The molecule has 1 aromatic carbocycles. The summed E-state index contributed by atoms with van der Waals surface area (Å²) in [6.07, 6.45) is -2.20. The fraction of sp³-hybridized carbons (Fsp3) is 0.538. The molecule has 0 aromatic heterocycles. The molecule has 0 saturated heterocycles. The Morgan fingerprint density at radius 1 is 1.11 bits per heavy atom. The van der Waals surface area contributed by atoms with E-state index in [9.17, 15) is 10.2 Å². The lowest BCUT2D eigenvalue weighted by molar-refractivity contribution is -0.131. The van der Waals surface area contributed by atoms with E-state index in [1.807, 2.05) is 24.3 Å². The predicted octanol–water partition coefficient (Wildman–Crippen LogP) is 0.114. The Balaban J connectivity index is 1.96. The van der Waals surface area contributed by atoms with Crippen molar-refractivity contribution in [3.05, 3.63) is 34.3 Å². The minimum absolute atomic E-state index is 0.338. The highest BCUT2D eigenvalue weighted by Gasteiger charge is 2.41. The van der Waals surface area contributed by atoms with Crippen LogP contribution in [0.1, 0.15) is 12.0 Å². The monoisotopic (exact) mass is 330 g/mol. The smallest absolute Gasteiger partial charge is 0.109 e. The molecule has 0 bridgehead atoms. The van der Waals surface area contributed by atoms with E-state index in [4.69, 9.17) is 16.2 Å². The second-order valence-electron chi connectivity index (χ2n) is 4.95. The first kappa shape index (κ1) is 14.9. The molecule has 0 spiro atoms. The fourth-order valence-corrected chi connectivity index (χ4v) is 2.55. The van der Waals surface area contributed by atoms with Crippen molar-refractivity contribution in [3.63, 3.8) is 0 Å². The van der Waals surface area contributed by atoms with Gasteiger partial charge in [-0.2, -0.15) is 0 Å². The van der Waals surface area contributed by atoms with Crippen molar-refractivity contribution < 1.29 is 14.9 Å². The fourth-order valence-electron chi connectivity index (χ4n) is 2.28. The normalized spacial score (nSPS) is 35.3. The van der Waals surface area contributed by atoms with E-state index in [1.54, 1.807) is 0 Å². The van der Waals surface area contributed by atoms with Crippen LogP contribution in [0.15, 0.2) is 28.7 Å². The second-order valence-corrected chi connectivity index (χ2v) is 5.86. The van der Waals surface area contributed by atoms with Crippen molar-refractivity contribution >= 4 is 15.9 Å². The highest BCUT2D eigenvalue weighted by atomic mass is 79.9. The molecular formula is C13H19BrN2O3. The number of hydrogen-bond donors (Lipinski definition) is 4. The largest absolute Gasteiger partial charge is 0.389 e. The van der Waals surface area contributed by atoms with Crippen molar-refractivity contribution in [2.24, 2.45) is 11.5 Å². The maximum Gasteiger partial charge on any atom is 0.109 e. The molecule has 1 aromatic rings. The van der Waals surface area contributed by atoms with Gasteiger partial charge in [0.05, 0.1) is 12.7 Å². The molecular weight excluding hydrogens is 312 g/mol. The van der Waals surface area contributed by atoms with Crippen LogP contribution in [0.2, 0.25) is 0 Å². The molecule has 0 amide bonds. The molecule has 6 heteroatoms. The van der Waals surface area contributed by atoms with Crippen LogP contribution in [0.3, 0.4) is 0 Å². The molecule has 1 fully saturated rings. The third-order valence-corrected chi connectivity index (χ3v) is 3.98. The molecule has 5 nitrogen and oxygen atoms in total. The molecule has 5 atom stereocenters. The number of halogens is 1. The summed E-state index contributed by atoms with van der Waals surface area (Å²) in [5.41, 5.74) is 12.6. The Bertz CT molecular complexity index is 415. The molecule has 0 aliphatic heterocycles. The van der Waals surface area contributed by atoms with Crippen LogP contribution in [0.25, 0.3) is 0 Å². The summed E-state index contributed by atoms with van der Waals surface area (Å²) in [6.45, 7) is 0.338. The van der Waals surface area contributed by atoms with Gasteiger partial charge in [-0.3, -0.25) is 0 Å². The number of aliphatic hydroxyl groups excluding tert-OH is 2. The summed E-state index contributed by atoms with van der Waals surface area (Å²) in [5, 5.41) is 19.7. The molecule has 0 heterocycles. The van der Waals surface area contributed by atoms with Crippen LogP contribution in [0.4, 0.5) is 0 Å². The highest BCUT2D eigenvalue weighted by molar-refractivity contribution is 9.10. The average Bonchev–Trinajstić information content (AvgIpc) is 2.38. The lowest BCUT2D eigenvalue weighted by Crippen LogP contribution is -2.61. The van der Waals surface area contributed by atoms with Gasteiger partial charge in [-0.05, 0) is 24.1 Å². The van der Waals surface area contributed by atoms with Gasteiger partial charge in [0.2, 0.25) is 0 Å². The zero-order valence-electron chi connectivity index (χ0n) is 10.4. The molecule has 6 N–H and O–H groups in total. The summed E-state index contributed by atoms with van der Waals surface area (Å²) in [4.78, 5) is 0. The van der Waals surface area contributed by atoms with E-state index in [1.165, 1.54) is 0 Å². The number of nitrogens with two attached hydrogens (primary N) is 2. The van der Waals surface area contributed by atoms with Gasteiger partial charge in [-0.15, -0.1) is 0 Å². The lowest BCUT2D eigenvalue weighted by Gasteiger charge is -2.39. The third-order valence-electron chi connectivity index (χ3n) is 3.45. The first-order chi connectivity index (χ1) is 8.99. The molecule has 0 radical (unpaired) electrons. The second kappa shape index (κ2) is 6.30. The average molecular weight is 331 g/mol. The molecule has 0 unspecified atom stereocenters. The molecule has 106 valence electrons. The van der Waals surface area contributed by atoms with E-state index >= 15 is 0 Å². The quantitative estimate of drug-likeness (QED) is 0.630. The van der Waals surface area contributed by atoms with Crippen LogP contribution in [-0.2, 0) is 11.3 Å². The van der Waals surface area contributed by atoms with Crippen LogP contribution in [-0.4, -0.2) is 40.6 Å².